The van der Waals surface area contributed by atoms with Gasteiger partial charge in [0, 0.05) is 12.7 Å². The van der Waals surface area contributed by atoms with Gasteiger partial charge in [-0.1, -0.05) is 25.8 Å². The Hall–Kier alpha value is -2.21. The fraction of sp³-hybridized carbons (Fsp3) is 0.526. The number of fused-ring (bicyclic) bond motifs is 1. The molecular weight excluding hydrogens is 316 g/mol. The number of hydrogen-bond donors (Lipinski definition) is 0. The van der Waals surface area contributed by atoms with Crippen molar-refractivity contribution < 1.29 is 9.53 Å². The summed E-state index contributed by atoms with van der Waals surface area (Å²) in [6.45, 7) is 3.34. The maximum atomic E-state index is 13.3. The monoisotopic (exact) mass is 340 g/mol. The standard InChI is InChI=1S/C19H24N4O2/c1-2-15-14(13-21-23(15)18-9-5-6-10-20-18)19(24)22-11-12-25-17-8-4-3-7-16(17)22/h5-6,9-10,13,16-17H,2-4,7-8,11-12H2,1H3/t16-,17-/m1/s1. The van der Waals surface area contributed by atoms with Crippen molar-refractivity contribution in [2.45, 2.75) is 51.2 Å². The SMILES string of the molecule is CCc1c(C(=O)N2CCO[C@@H]3CCCC[C@H]32)cnn1-c1ccccn1. The minimum absolute atomic E-state index is 0.0826. The highest BCUT2D eigenvalue weighted by atomic mass is 16.5. The lowest BCUT2D eigenvalue weighted by atomic mass is 9.89. The Kier molecular flexibility index (Phi) is 4.53. The van der Waals surface area contributed by atoms with Crippen LogP contribution in [0.1, 0.15) is 48.7 Å². The summed E-state index contributed by atoms with van der Waals surface area (Å²) in [6.07, 6.45) is 8.83. The molecule has 1 saturated carbocycles. The van der Waals surface area contributed by atoms with E-state index in [0.717, 1.165) is 30.8 Å². The maximum Gasteiger partial charge on any atom is 0.257 e. The van der Waals surface area contributed by atoms with Gasteiger partial charge in [-0.2, -0.15) is 5.10 Å². The number of carbonyl (C=O) groups excluding carboxylic acids is 1. The van der Waals surface area contributed by atoms with Crippen LogP contribution in [0.2, 0.25) is 0 Å². The predicted octanol–water partition coefficient (Wildman–Crippen LogP) is 2.61. The lowest BCUT2D eigenvalue weighted by molar-refractivity contribution is -0.0753. The molecule has 3 heterocycles. The van der Waals surface area contributed by atoms with Gasteiger partial charge in [-0.3, -0.25) is 4.79 Å². The molecule has 2 atom stereocenters. The molecule has 1 amide bonds. The summed E-state index contributed by atoms with van der Waals surface area (Å²) in [6, 6.07) is 5.92. The van der Waals surface area contributed by atoms with Gasteiger partial charge in [0.15, 0.2) is 5.82 Å². The first-order chi connectivity index (χ1) is 12.3. The first kappa shape index (κ1) is 16.3. The van der Waals surface area contributed by atoms with Gasteiger partial charge in [-0.25, -0.2) is 9.67 Å². The second-order valence-electron chi connectivity index (χ2n) is 6.72. The summed E-state index contributed by atoms with van der Waals surface area (Å²) in [5.41, 5.74) is 1.61. The number of amides is 1. The van der Waals surface area contributed by atoms with Crippen LogP contribution in [0.3, 0.4) is 0 Å². The van der Waals surface area contributed by atoms with Crippen LogP contribution < -0.4 is 0 Å². The molecular formula is C19H24N4O2. The molecule has 2 aromatic rings. The third-order valence-electron chi connectivity index (χ3n) is 5.29. The highest BCUT2D eigenvalue weighted by Crippen LogP contribution is 2.30. The van der Waals surface area contributed by atoms with Crippen molar-refractivity contribution in [2.75, 3.05) is 13.2 Å². The smallest absolute Gasteiger partial charge is 0.257 e. The quantitative estimate of drug-likeness (QED) is 0.862. The zero-order chi connectivity index (χ0) is 17.2. The van der Waals surface area contributed by atoms with Crippen molar-refractivity contribution in [2.24, 2.45) is 0 Å². The van der Waals surface area contributed by atoms with Crippen LogP contribution >= 0.6 is 0 Å². The van der Waals surface area contributed by atoms with E-state index in [1.54, 1.807) is 17.1 Å². The molecule has 0 radical (unpaired) electrons. The molecule has 25 heavy (non-hydrogen) atoms. The fourth-order valence-electron chi connectivity index (χ4n) is 4.07. The van der Waals surface area contributed by atoms with Gasteiger partial charge in [-0.15, -0.1) is 0 Å². The third-order valence-corrected chi connectivity index (χ3v) is 5.29. The summed E-state index contributed by atoms with van der Waals surface area (Å²) < 4.78 is 7.69. The number of nitrogens with zero attached hydrogens (tertiary/aromatic N) is 4. The lowest BCUT2D eigenvalue weighted by Gasteiger charge is -2.43. The number of rotatable bonds is 3. The largest absolute Gasteiger partial charge is 0.374 e. The molecule has 6 nitrogen and oxygen atoms in total. The molecule has 4 rings (SSSR count). The predicted molar refractivity (Wildman–Crippen MR) is 93.8 cm³/mol. The summed E-state index contributed by atoms with van der Waals surface area (Å²) in [5, 5.41) is 4.45. The molecule has 2 aliphatic rings. The first-order valence-electron chi connectivity index (χ1n) is 9.20. The Labute approximate surface area is 147 Å². The minimum Gasteiger partial charge on any atom is -0.374 e. The normalized spacial score (nSPS) is 23.3. The fourth-order valence-corrected chi connectivity index (χ4v) is 4.07. The summed E-state index contributed by atoms with van der Waals surface area (Å²) in [5.74, 6) is 0.829. The van der Waals surface area contributed by atoms with E-state index in [2.05, 4.69) is 17.0 Å². The van der Waals surface area contributed by atoms with Crippen LogP contribution in [-0.2, 0) is 11.2 Å². The van der Waals surface area contributed by atoms with E-state index in [1.807, 2.05) is 23.1 Å². The van der Waals surface area contributed by atoms with E-state index < -0.39 is 0 Å². The van der Waals surface area contributed by atoms with Crippen molar-refractivity contribution in [3.05, 3.63) is 41.9 Å². The van der Waals surface area contributed by atoms with E-state index in [4.69, 9.17) is 4.74 Å². The van der Waals surface area contributed by atoms with Crippen molar-refractivity contribution >= 4 is 5.91 Å². The van der Waals surface area contributed by atoms with Gasteiger partial charge in [0.1, 0.15) is 0 Å². The molecule has 1 aliphatic carbocycles. The molecule has 6 heteroatoms. The van der Waals surface area contributed by atoms with Crippen LogP contribution in [0, 0.1) is 0 Å². The Morgan fingerprint density at radius 2 is 2.20 bits per heavy atom. The van der Waals surface area contributed by atoms with Crippen molar-refractivity contribution in [3.8, 4) is 5.82 Å². The summed E-state index contributed by atoms with van der Waals surface area (Å²) >= 11 is 0. The van der Waals surface area contributed by atoms with Crippen LogP contribution in [-0.4, -0.2) is 50.9 Å². The number of morpholine rings is 1. The van der Waals surface area contributed by atoms with Crippen LogP contribution in [0.5, 0.6) is 0 Å². The van der Waals surface area contributed by atoms with Gasteiger partial charge >= 0.3 is 0 Å². The van der Waals surface area contributed by atoms with E-state index in [1.165, 1.54) is 12.8 Å². The average Bonchev–Trinajstić information content (AvgIpc) is 3.11. The molecule has 0 aromatic carbocycles. The molecule has 0 bridgehead atoms. The van der Waals surface area contributed by atoms with Crippen molar-refractivity contribution in [1.29, 1.82) is 0 Å². The maximum absolute atomic E-state index is 13.3. The average molecular weight is 340 g/mol. The van der Waals surface area contributed by atoms with Crippen molar-refractivity contribution in [1.82, 2.24) is 19.7 Å². The molecule has 2 aromatic heterocycles. The van der Waals surface area contributed by atoms with Gasteiger partial charge in [-0.05, 0) is 31.4 Å². The molecule has 0 N–H and O–H groups in total. The highest BCUT2D eigenvalue weighted by molar-refractivity contribution is 5.95. The lowest BCUT2D eigenvalue weighted by Crippen LogP contribution is -2.54. The van der Waals surface area contributed by atoms with Gasteiger partial charge < -0.3 is 9.64 Å². The Morgan fingerprint density at radius 3 is 3.00 bits per heavy atom. The molecule has 0 spiro atoms. The van der Waals surface area contributed by atoms with Gasteiger partial charge in [0.2, 0.25) is 0 Å². The van der Waals surface area contributed by atoms with Crippen LogP contribution in [0.15, 0.2) is 30.6 Å². The molecule has 0 unspecified atom stereocenters. The van der Waals surface area contributed by atoms with Crippen LogP contribution in [0.4, 0.5) is 0 Å². The first-order valence-corrected chi connectivity index (χ1v) is 9.20. The third kappa shape index (κ3) is 2.95. The van der Waals surface area contributed by atoms with Gasteiger partial charge in [0.25, 0.3) is 5.91 Å². The van der Waals surface area contributed by atoms with Gasteiger partial charge in [0.05, 0.1) is 36.2 Å². The minimum atomic E-state index is 0.0826. The number of ether oxygens (including phenoxy) is 1. The van der Waals surface area contributed by atoms with E-state index in [0.29, 0.717) is 18.7 Å². The van der Waals surface area contributed by atoms with E-state index >= 15 is 0 Å². The van der Waals surface area contributed by atoms with E-state index in [-0.39, 0.29) is 18.1 Å². The number of hydrogen-bond acceptors (Lipinski definition) is 4. The molecule has 1 aliphatic heterocycles. The zero-order valence-electron chi connectivity index (χ0n) is 14.6. The second kappa shape index (κ2) is 6.96. The zero-order valence-corrected chi connectivity index (χ0v) is 14.6. The summed E-state index contributed by atoms with van der Waals surface area (Å²) in [4.78, 5) is 19.7. The van der Waals surface area contributed by atoms with Crippen molar-refractivity contribution in [3.63, 3.8) is 0 Å². The summed E-state index contributed by atoms with van der Waals surface area (Å²) in [7, 11) is 0. The van der Waals surface area contributed by atoms with Crippen LogP contribution in [0.25, 0.3) is 5.82 Å². The number of aromatic nitrogens is 3. The topological polar surface area (TPSA) is 60.3 Å². The molecule has 132 valence electrons. The number of carbonyl (C=O) groups is 1. The molecule has 2 fully saturated rings. The molecule has 1 saturated heterocycles. The Morgan fingerprint density at radius 1 is 1.32 bits per heavy atom. The Balaban J connectivity index is 1.65. The number of pyridine rings is 1. The second-order valence-corrected chi connectivity index (χ2v) is 6.72. The highest BCUT2D eigenvalue weighted by Gasteiger charge is 2.38. The Bertz CT molecular complexity index is 741. The van der Waals surface area contributed by atoms with E-state index in [9.17, 15) is 4.79 Å².